The Morgan fingerprint density at radius 1 is 1.16 bits per heavy atom. The Morgan fingerprint density at radius 2 is 1.84 bits per heavy atom. The van der Waals surface area contributed by atoms with Gasteiger partial charge < -0.3 is 15.0 Å². The maximum Gasteiger partial charge on any atom is 0.433 e. The van der Waals surface area contributed by atoms with Crippen LogP contribution >= 0.6 is 0 Å². The van der Waals surface area contributed by atoms with Gasteiger partial charge in [-0.25, -0.2) is 19.3 Å². The highest BCUT2D eigenvalue weighted by Gasteiger charge is 2.37. The molecule has 0 bridgehead atoms. The highest BCUT2D eigenvalue weighted by atomic mass is 19.4. The third kappa shape index (κ3) is 5.06. The monoisotopic (exact) mass is 534 g/mol. The van der Waals surface area contributed by atoms with E-state index < -0.39 is 35.7 Å². The molecule has 1 N–H and O–H groups in total. The number of morpholine rings is 1. The van der Waals surface area contributed by atoms with Gasteiger partial charge in [-0.1, -0.05) is 0 Å². The average molecular weight is 535 g/mol. The lowest BCUT2D eigenvalue weighted by molar-refractivity contribution is -0.141. The number of hydrogen-bond donors (Lipinski definition) is 1. The van der Waals surface area contributed by atoms with E-state index in [1.54, 1.807) is 11.8 Å². The van der Waals surface area contributed by atoms with Crippen molar-refractivity contribution in [2.24, 2.45) is 0 Å². The smallest absolute Gasteiger partial charge is 0.372 e. The molecule has 1 saturated carbocycles. The zero-order valence-corrected chi connectivity index (χ0v) is 21.0. The average Bonchev–Trinajstić information content (AvgIpc) is 3.66. The predicted octanol–water partition coefficient (Wildman–Crippen LogP) is 3.85. The fourth-order valence-corrected chi connectivity index (χ4v) is 4.80. The quantitative estimate of drug-likeness (QED) is 0.496. The molecule has 0 spiro atoms. The number of amides is 1. The first-order valence-corrected chi connectivity index (χ1v) is 12.3. The fraction of sp³-hybridized carbons (Fsp3) is 0.480. The molecule has 1 saturated heterocycles. The number of pyridine rings is 2. The number of carbonyl (C=O) groups is 1. The second-order valence-corrected chi connectivity index (χ2v) is 9.81. The Morgan fingerprint density at radius 3 is 2.45 bits per heavy atom. The van der Waals surface area contributed by atoms with Crippen molar-refractivity contribution in [1.29, 1.82) is 0 Å². The first-order valence-electron chi connectivity index (χ1n) is 12.3. The Hall–Kier alpha value is -3.61. The molecule has 1 aliphatic carbocycles. The number of fused-ring (bicyclic) bond motifs is 1. The second kappa shape index (κ2) is 9.61. The van der Waals surface area contributed by atoms with E-state index >= 15 is 0 Å². The molecule has 2 fully saturated rings. The van der Waals surface area contributed by atoms with Gasteiger partial charge in [0.15, 0.2) is 23.0 Å². The number of halogens is 4. The summed E-state index contributed by atoms with van der Waals surface area (Å²) in [6.45, 7) is 5.40. The maximum absolute atomic E-state index is 14.9. The summed E-state index contributed by atoms with van der Waals surface area (Å²) in [6.07, 6.45) is -2.42. The van der Waals surface area contributed by atoms with Gasteiger partial charge in [-0.05, 0) is 45.7 Å². The van der Waals surface area contributed by atoms with Gasteiger partial charge in [0, 0.05) is 37.4 Å². The minimum Gasteiger partial charge on any atom is -0.372 e. The van der Waals surface area contributed by atoms with Gasteiger partial charge >= 0.3 is 6.18 Å². The fourth-order valence-electron chi connectivity index (χ4n) is 4.80. The van der Waals surface area contributed by atoms with Crippen LogP contribution in [0.3, 0.4) is 0 Å². The van der Waals surface area contributed by atoms with Crippen LogP contribution in [0.1, 0.15) is 60.2 Å². The summed E-state index contributed by atoms with van der Waals surface area (Å²) in [5.41, 5.74) is -2.32. The molecular formula is C25H26F4N6O3. The minimum absolute atomic E-state index is 0.0137. The summed E-state index contributed by atoms with van der Waals surface area (Å²) in [7, 11) is 0. The topological polar surface area (TPSA) is 102 Å². The number of aryl methyl sites for hydroxylation is 1. The van der Waals surface area contributed by atoms with E-state index in [9.17, 15) is 27.2 Å². The van der Waals surface area contributed by atoms with E-state index in [-0.39, 0.29) is 46.2 Å². The molecule has 9 nitrogen and oxygen atoms in total. The number of alkyl halides is 3. The molecule has 202 valence electrons. The standard InChI is InChI=1S/C25H26F4N6O3/c1-12-10-34(11-13(2)38-12)23(36)16-7-19(26)22(31-9-16)30-8-15-6-18-21(33-20(15)25(27,28)29)32-14(3)35(24(18)37)17-4-5-17/h6-7,9,12-13,17H,4-5,8,10-11H2,1-3H3,(H,30,31). The maximum atomic E-state index is 14.9. The van der Waals surface area contributed by atoms with E-state index in [0.29, 0.717) is 18.9 Å². The Labute approximate surface area is 214 Å². The molecule has 2 unspecified atom stereocenters. The van der Waals surface area contributed by atoms with Crippen molar-refractivity contribution >= 4 is 22.8 Å². The second-order valence-electron chi connectivity index (χ2n) is 9.81. The lowest BCUT2D eigenvalue weighted by Crippen LogP contribution is -2.48. The SMILES string of the molecule is Cc1nc2nc(C(F)(F)F)c(CNc3ncc(C(=O)N4CC(C)OC(C)C4)cc3F)cc2c(=O)n1C1CC1. The molecule has 4 heterocycles. The zero-order valence-electron chi connectivity index (χ0n) is 21.0. The molecule has 0 aromatic carbocycles. The number of rotatable bonds is 5. The van der Waals surface area contributed by atoms with Gasteiger partial charge in [0.2, 0.25) is 0 Å². The summed E-state index contributed by atoms with van der Waals surface area (Å²) >= 11 is 0. The first-order chi connectivity index (χ1) is 17.9. The Kier molecular flexibility index (Phi) is 6.58. The Balaban J connectivity index is 1.42. The van der Waals surface area contributed by atoms with Gasteiger partial charge in [-0.15, -0.1) is 0 Å². The van der Waals surface area contributed by atoms with Gasteiger partial charge in [0.05, 0.1) is 23.2 Å². The van der Waals surface area contributed by atoms with Crippen molar-refractivity contribution in [3.8, 4) is 0 Å². The van der Waals surface area contributed by atoms with Crippen molar-refractivity contribution in [3.05, 3.63) is 57.1 Å². The summed E-state index contributed by atoms with van der Waals surface area (Å²) < 4.78 is 63.4. The molecule has 5 rings (SSSR count). The number of ether oxygens (including phenoxy) is 1. The van der Waals surface area contributed by atoms with E-state index in [1.807, 2.05) is 13.8 Å². The lowest BCUT2D eigenvalue weighted by Gasteiger charge is -2.35. The van der Waals surface area contributed by atoms with Gasteiger partial charge in [-0.3, -0.25) is 14.2 Å². The van der Waals surface area contributed by atoms with Crippen LogP contribution in [0.5, 0.6) is 0 Å². The molecule has 1 amide bonds. The molecule has 3 aromatic heterocycles. The molecule has 13 heteroatoms. The third-order valence-corrected chi connectivity index (χ3v) is 6.57. The molecule has 0 radical (unpaired) electrons. The number of nitrogens with one attached hydrogen (secondary N) is 1. The summed E-state index contributed by atoms with van der Waals surface area (Å²) in [5, 5.41) is 2.50. The zero-order chi connectivity index (χ0) is 27.4. The number of anilines is 1. The lowest BCUT2D eigenvalue weighted by atomic mass is 10.1. The number of aromatic nitrogens is 4. The van der Waals surface area contributed by atoms with Crippen molar-refractivity contribution in [3.63, 3.8) is 0 Å². The van der Waals surface area contributed by atoms with Crippen molar-refractivity contribution in [2.45, 2.75) is 64.6 Å². The van der Waals surface area contributed by atoms with Crippen LogP contribution in [-0.4, -0.2) is 55.6 Å². The van der Waals surface area contributed by atoms with Crippen LogP contribution in [-0.2, 0) is 17.5 Å². The minimum atomic E-state index is -4.83. The number of nitrogens with zero attached hydrogens (tertiary/aromatic N) is 5. The van der Waals surface area contributed by atoms with Crippen LogP contribution in [0.25, 0.3) is 11.0 Å². The van der Waals surface area contributed by atoms with E-state index in [1.165, 1.54) is 10.8 Å². The van der Waals surface area contributed by atoms with E-state index in [0.717, 1.165) is 25.0 Å². The first kappa shape index (κ1) is 26.0. The van der Waals surface area contributed by atoms with Crippen LogP contribution in [0, 0.1) is 12.7 Å². The molecule has 1 aliphatic heterocycles. The van der Waals surface area contributed by atoms with Crippen LogP contribution in [0.2, 0.25) is 0 Å². The normalized spacial score (nSPS) is 20.1. The van der Waals surface area contributed by atoms with Crippen molar-refractivity contribution in [2.75, 3.05) is 18.4 Å². The van der Waals surface area contributed by atoms with Gasteiger partial charge in [0.25, 0.3) is 11.5 Å². The number of hydrogen-bond acceptors (Lipinski definition) is 7. The molecular weight excluding hydrogens is 508 g/mol. The largest absolute Gasteiger partial charge is 0.433 e. The van der Waals surface area contributed by atoms with Crippen LogP contribution < -0.4 is 10.9 Å². The summed E-state index contributed by atoms with van der Waals surface area (Å²) in [4.78, 5) is 39.1. The van der Waals surface area contributed by atoms with Gasteiger partial charge in [-0.2, -0.15) is 13.2 Å². The summed E-state index contributed by atoms with van der Waals surface area (Å²) in [5.74, 6) is -1.35. The molecule has 38 heavy (non-hydrogen) atoms. The summed E-state index contributed by atoms with van der Waals surface area (Å²) in [6, 6.07) is 2.07. The van der Waals surface area contributed by atoms with Crippen molar-refractivity contribution in [1.82, 2.24) is 24.4 Å². The highest BCUT2D eigenvalue weighted by Crippen LogP contribution is 2.35. The molecule has 2 aliphatic rings. The third-order valence-electron chi connectivity index (χ3n) is 6.57. The van der Waals surface area contributed by atoms with E-state index in [4.69, 9.17) is 4.74 Å². The van der Waals surface area contributed by atoms with E-state index in [2.05, 4.69) is 20.3 Å². The molecule has 3 aromatic rings. The van der Waals surface area contributed by atoms with Gasteiger partial charge in [0.1, 0.15) is 5.82 Å². The van der Waals surface area contributed by atoms with Crippen molar-refractivity contribution < 1.29 is 27.1 Å². The highest BCUT2D eigenvalue weighted by molar-refractivity contribution is 5.94. The van der Waals surface area contributed by atoms with Crippen LogP contribution in [0.4, 0.5) is 23.4 Å². The van der Waals surface area contributed by atoms with Crippen LogP contribution in [0.15, 0.2) is 23.1 Å². The predicted molar refractivity (Wildman–Crippen MR) is 129 cm³/mol. The molecule has 2 atom stereocenters. The Bertz CT molecular complexity index is 1460. The number of carbonyl (C=O) groups excluding carboxylic acids is 1.